The van der Waals surface area contributed by atoms with Gasteiger partial charge in [-0.1, -0.05) is 5.98 Å². The Hall–Kier alpha value is -2.30. The lowest BCUT2D eigenvalue weighted by molar-refractivity contribution is -0.0313. The van der Waals surface area contributed by atoms with Crippen molar-refractivity contribution in [1.29, 1.82) is 0 Å². The summed E-state index contributed by atoms with van der Waals surface area (Å²) in [6.45, 7) is 7.74. The molecule has 9 nitrogen and oxygen atoms in total. The normalized spacial score (nSPS) is 26.8. The second kappa shape index (κ2) is 6.70. The number of H-pyrrole nitrogens is 1. The highest BCUT2D eigenvalue weighted by Gasteiger charge is 2.50. The van der Waals surface area contributed by atoms with Crippen molar-refractivity contribution >= 4 is 7.12 Å². The van der Waals surface area contributed by atoms with E-state index in [0.717, 1.165) is 4.57 Å². The van der Waals surface area contributed by atoms with Crippen LogP contribution in [-0.2, 0) is 18.8 Å². The summed E-state index contributed by atoms with van der Waals surface area (Å²) >= 11 is 0. The predicted molar refractivity (Wildman–Crippen MR) is 97.1 cm³/mol. The van der Waals surface area contributed by atoms with Gasteiger partial charge in [-0.05, 0) is 33.8 Å². The van der Waals surface area contributed by atoms with Crippen LogP contribution < -0.4 is 11.2 Å². The molecule has 0 aromatic carbocycles. The van der Waals surface area contributed by atoms with E-state index in [9.17, 15) is 14.7 Å². The first-order valence-electron chi connectivity index (χ1n) is 8.53. The lowest BCUT2D eigenvalue weighted by Gasteiger charge is -2.32. The molecule has 0 aliphatic carbocycles. The number of rotatable bonds is 4. The van der Waals surface area contributed by atoms with E-state index in [0.29, 0.717) is 0 Å². The Bertz CT molecular complexity index is 883. The molecule has 146 valence electrons. The van der Waals surface area contributed by atoms with Gasteiger partial charge in [-0.15, -0.1) is 0 Å². The standard InChI is InChI=1S/C17H23BN2O7/c1-16(2)17(3,4)27-18(26-16)8-6-10-12(22)13(24-5)14(25-10)20-9-7-11(21)19-15(20)23/h6-9,13-14,22H,1-5H3,(H,19,21,23)/b8-6+/t13?,14-/m1/s1. The van der Waals surface area contributed by atoms with Gasteiger partial charge < -0.3 is 23.9 Å². The molecule has 1 saturated heterocycles. The average molecular weight is 378 g/mol. The topological polar surface area (TPSA) is 112 Å². The molecule has 10 heteroatoms. The van der Waals surface area contributed by atoms with Crippen LogP contribution in [0, 0.1) is 0 Å². The summed E-state index contributed by atoms with van der Waals surface area (Å²) in [7, 11) is 0.768. The maximum atomic E-state index is 12.0. The van der Waals surface area contributed by atoms with Crippen LogP contribution in [0.3, 0.4) is 0 Å². The van der Waals surface area contributed by atoms with Gasteiger partial charge in [0.15, 0.2) is 17.6 Å². The number of aromatic amines is 1. The molecule has 3 rings (SSSR count). The molecule has 0 spiro atoms. The minimum atomic E-state index is -0.961. The largest absolute Gasteiger partial charge is 0.506 e. The number of allylic oxidation sites excluding steroid dienone is 1. The van der Waals surface area contributed by atoms with E-state index in [1.807, 2.05) is 27.7 Å². The number of hydrogen-bond acceptors (Lipinski definition) is 7. The first-order valence-corrected chi connectivity index (χ1v) is 8.53. The fourth-order valence-corrected chi connectivity index (χ4v) is 2.84. The van der Waals surface area contributed by atoms with Gasteiger partial charge in [0.05, 0.1) is 11.2 Å². The van der Waals surface area contributed by atoms with Gasteiger partial charge >= 0.3 is 12.8 Å². The number of hydrogen-bond donors (Lipinski definition) is 2. The quantitative estimate of drug-likeness (QED) is 0.753. The third kappa shape index (κ3) is 3.47. The molecular weight excluding hydrogens is 355 g/mol. The summed E-state index contributed by atoms with van der Waals surface area (Å²) < 4.78 is 23.8. The number of aliphatic hydroxyl groups is 1. The van der Waals surface area contributed by atoms with Crippen LogP contribution >= 0.6 is 0 Å². The van der Waals surface area contributed by atoms with E-state index in [-0.39, 0.29) is 11.5 Å². The molecule has 27 heavy (non-hydrogen) atoms. The Kier molecular flexibility index (Phi) is 4.83. The van der Waals surface area contributed by atoms with Crippen molar-refractivity contribution in [2.45, 2.75) is 51.2 Å². The SMILES string of the molecule is COC1C(O)=C(/C=C/B2OC(C)(C)C(C)(C)O2)O[C@H]1n1ccc(=O)[nH]c1=O. The van der Waals surface area contributed by atoms with Crippen LogP contribution in [0.5, 0.6) is 0 Å². The summed E-state index contributed by atoms with van der Waals surface area (Å²) in [5.41, 5.74) is -2.18. The monoisotopic (exact) mass is 378 g/mol. The van der Waals surface area contributed by atoms with Crippen molar-refractivity contribution in [3.05, 3.63) is 56.7 Å². The van der Waals surface area contributed by atoms with Crippen molar-refractivity contribution in [2.24, 2.45) is 0 Å². The predicted octanol–water partition coefficient (Wildman–Crippen LogP) is 1.04. The maximum Gasteiger partial charge on any atom is 0.487 e. The van der Waals surface area contributed by atoms with Gasteiger partial charge in [0.1, 0.15) is 0 Å². The van der Waals surface area contributed by atoms with E-state index < -0.39 is 41.9 Å². The maximum absolute atomic E-state index is 12.0. The van der Waals surface area contributed by atoms with Crippen LogP contribution in [0.4, 0.5) is 0 Å². The molecule has 1 fully saturated rings. The molecule has 2 aliphatic rings. The molecule has 1 aromatic rings. The zero-order chi connectivity index (χ0) is 20.0. The van der Waals surface area contributed by atoms with Crippen LogP contribution in [0.2, 0.25) is 0 Å². The number of aromatic nitrogens is 2. The van der Waals surface area contributed by atoms with Crippen LogP contribution in [0.25, 0.3) is 0 Å². The molecule has 0 amide bonds. The van der Waals surface area contributed by atoms with Crippen molar-refractivity contribution in [1.82, 2.24) is 9.55 Å². The molecule has 0 radical (unpaired) electrons. The summed E-state index contributed by atoms with van der Waals surface area (Å²) in [4.78, 5) is 25.4. The van der Waals surface area contributed by atoms with Crippen LogP contribution in [-0.4, -0.2) is 46.2 Å². The van der Waals surface area contributed by atoms with E-state index in [4.69, 9.17) is 18.8 Å². The summed E-state index contributed by atoms with van der Waals surface area (Å²) in [6.07, 6.45) is 0.926. The smallest absolute Gasteiger partial charge is 0.487 e. The van der Waals surface area contributed by atoms with Gasteiger partial charge in [0.25, 0.3) is 5.56 Å². The number of aliphatic hydroxyl groups excluding tert-OH is 1. The third-order valence-corrected chi connectivity index (χ3v) is 5.08. The molecule has 2 aliphatic heterocycles. The molecule has 0 saturated carbocycles. The molecule has 3 heterocycles. The summed E-state index contributed by atoms with van der Waals surface area (Å²) in [5.74, 6) is 1.57. The lowest BCUT2D eigenvalue weighted by Crippen LogP contribution is -2.41. The van der Waals surface area contributed by atoms with Crippen molar-refractivity contribution in [3.8, 4) is 0 Å². The second-order valence-electron chi connectivity index (χ2n) is 7.42. The minimum Gasteiger partial charge on any atom is -0.506 e. The Morgan fingerprint density at radius 1 is 1.26 bits per heavy atom. The fourth-order valence-electron chi connectivity index (χ4n) is 2.84. The summed E-state index contributed by atoms with van der Waals surface area (Å²) in [5, 5.41) is 10.4. The van der Waals surface area contributed by atoms with Gasteiger partial charge in [0, 0.05) is 19.4 Å². The van der Waals surface area contributed by atoms with E-state index in [1.54, 1.807) is 5.98 Å². The first-order chi connectivity index (χ1) is 12.6. The van der Waals surface area contributed by atoms with Crippen molar-refractivity contribution in [2.75, 3.05) is 7.11 Å². The zero-order valence-electron chi connectivity index (χ0n) is 15.9. The lowest BCUT2D eigenvalue weighted by atomic mass is 9.90. The van der Waals surface area contributed by atoms with Crippen LogP contribution in [0.15, 0.2) is 45.4 Å². The molecular formula is C17H23BN2O7. The number of nitrogens with zero attached hydrogens (tertiary/aromatic N) is 1. The van der Waals surface area contributed by atoms with E-state index in [1.165, 1.54) is 25.4 Å². The molecule has 0 bridgehead atoms. The Morgan fingerprint density at radius 2 is 1.89 bits per heavy atom. The Morgan fingerprint density at radius 3 is 2.44 bits per heavy atom. The van der Waals surface area contributed by atoms with Gasteiger partial charge in [-0.3, -0.25) is 14.3 Å². The molecule has 2 atom stereocenters. The van der Waals surface area contributed by atoms with Crippen molar-refractivity contribution < 1.29 is 23.9 Å². The third-order valence-electron chi connectivity index (χ3n) is 5.08. The first kappa shape index (κ1) is 19.5. The Balaban J connectivity index is 1.82. The minimum absolute atomic E-state index is 0.125. The highest BCUT2D eigenvalue weighted by molar-refractivity contribution is 6.51. The number of nitrogens with one attached hydrogen (secondary N) is 1. The van der Waals surface area contributed by atoms with E-state index >= 15 is 0 Å². The highest BCUT2D eigenvalue weighted by Crippen LogP contribution is 2.38. The zero-order valence-corrected chi connectivity index (χ0v) is 15.9. The molecule has 1 unspecified atom stereocenters. The van der Waals surface area contributed by atoms with Crippen molar-refractivity contribution in [3.63, 3.8) is 0 Å². The van der Waals surface area contributed by atoms with Gasteiger partial charge in [0.2, 0.25) is 6.23 Å². The Labute approximate surface area is 156 Å². The number of ether oxygens (including phenoxy) is 2. The van der Waals surface area contributed by atoms with E-state index in [2.05, 4.69) is 4.98 Å². The fraction of sp³-hybridized carbons (Fsp3) is 0.529. The highest BCUT2D eigenvalue weighted by atomic mass is 16.7. The number of methoxy groups -OCH3 is 1. The van der Waals surface area contributed by atoms with Gasteiger partial charge in [-0.25, -0.2) is 4.79 Å². The van der Waals surface area contributed by atoms with Crippen LogP contribution in [0.1, 0.15) is 33.9 Å². The molecule has 1 aromatic heterocycles. The molecule has 2 N–H and O–H groups in total. The summed E-state index contributed by atoms with van der Waals surface area (Å²) in [6, 6.07) is 1.19. The van der Waals surface area contributed by atoms with Gasteiger partial charge in [-0.2, -0.15) is 0 Å². The second-order valence-corrected chi connectivity index (χ2v) is 7.42. The average Bonchev–Trinajstić information content (AvgIpc) is 2.98.